The first-order valence-electron chi connectivity index (χ1n) is 6.13. The monoisotopic (exact) mass is 349 g/mol. The summed E-state index contributed by atoms with van der Waals surface area (Å²) in [5.74, 6) is -0.665. The van der Waals surface area contributed by atoms with Crippen molar-refractivity contribution >= 4 is 33.4 Å². The number of carbonyl (C=O) groups is 1. The summed E-state index contributed by atoms with van der Waals surface area (Å²) in [6, 6.07) is 2.69. The van der Waals surface area contributed by atoms with Crippen LogP contribution in [0.1, 0.15) is 19.3 Å². The maximum absolute atomic E-state index is 13.6. The van der Waals surface area contributed by atoms with Crippen molar-refractivity contribution in [3.63, 3.8) is 0 Å². The van der Waals surface area contributed by atoms with E-state index in [-0.39, 0.29) is 23.3 Å². The van der Waals surface area contributed by atoms with E-state index < -0.39 is 5.82 Å². The number of hydrogen-bond donors (Lipinski definition) is 0. The molecular formula is C13H14BrClFNO2. The smallest absolute Gasteiger partial charge is 0.260 e. The molecule has 0 aliphatic carbocycles. The van der Waals surface area contributed by atoms with Crippen LogP contribution >= 0.6 is 27.5 Å². The van der Waals surface area contributed by atoms with Crippen molar-refractivity contribution in [2.24, 2.45) is 0 Å². The van der Waals surface area contributed by atoms with Gasteiger partial charge in [-0.2, -0.15) is 0 Å². The Bertz CT molecular complexity index is 455. The number of ether oxygens (including phenoxy) is 1. The molecule has 0 aromatic heterocycles. The lowest BCUT2D eigenvalue weighted by Crippen LogP contribution is -2.38. The van der Waals surface area contributed by atoms with Crippen molar-refractivity contribution in [1.29, 1.82) is 0 Å². The fourth-order valence-corrected chi connectivity index (χ4v) is 2.92. The first-order valence-corrected chi connectivity index (χ1v) is 7.30. The van der Waals surface area contributed by atoms with Gasteiger partial charge in [0.2, 0.25) is 0 Å². The van der Waals surface area contributed by atoms with Gasteiger partial charge < -0.3 is 9.64 Å². The van der Waals surface area contributed by atoms with E-state index in [1.807, 2.05) is 0 Å². The number of halogens is 3. The summed E-state index contributed by atoms with van der Waals surface area (Å²) in [7, 11) is 0. The van der Waals surface area contributed by atoms with Gasteiger partial charge in [-0.3, -0.25) is 4.79 Å². The lowest BCUT2D eigenvalue weighted by molar-refractivity contribution is -0.134. The highest BCUT2D eigenvalue weighted by Crippen LogP contribution is 2.31. The molecule has 1 heterocycles. The summed E-state index contributed by atoms with van der Waals surface area (Å²) in [5.41, 5.74) is 0. The van der Waals surface area contributed by atoms with E-state index in [0.717, 1.165) is 38.4 Å². The van der Waals surface area contributed by atoms with Crippen LogP contribution in [0.2, 0.25) is 5.02 Å². The zero-order valence-corrected chi connectivity index (χ0v) is 12.6. The molecule has 19 heavy (non-hydrogen) atoms. The number of hydrogen-bond acceptors (Lipinski definition) is 2. The second kappa shape index (κ2) is 6.57. The largest absolute Gasteiger partial charge is 0.479 e. The molecule has 2 rings (SSSR count). The highest BCUT2D eigenvalue weighted by Gasteiger charge is 2.18. The van der Waals surface area contributed by atoms with E-state index in [1.54, 1.807) is 4.90 Å². The number of benzene rings is 1. The summed E-state index contributed by atoms with van der Waals surface area (Å²) >= 11 is 8.88. The molecule has 3 nitrogen and oxygen atoms in total. The molecule has 0 spiro atoms. The Morgan fingerprint density at radius 2 is 2.05 bits per heavy atom. The normalized spacial score (nSPS) is 15.4. The Labute approximate surface area is 124 Å². The van der Waals surface area contributed by atoms with Crippen molar-refractivity contribution in [1.82, 2.24) is 4.90 Å². The second-order valence-corrected chi connectivity index (χ2v) is 5.72. The van der Waals surface area contributed by atoms with Crippen LogP contribution in [0.15, 0.2) is 16.6 Å². The zero-order chi connectivity index (χ0) is 13.8. The quantitative estimate of drug-likeness (QED) is 0.833. The average molecular weight is 351 g/mol. The maximum atomic E-state index is 13.6. The number of piperidine rings is 1. The molecule has 6 heteroatoms. The molecular weight excluding hydrogens is 337 g/mol. The number of amides is 1. The van der Waals surface area contributed by atoms with E-state index >= 15 is 0 Å². The zero-order valence-electron chi connectivity index (χ0n) is 10.3. The molecule has 0 atom stereocenters. The topological polar surface area (TPSA) is 29.5 Å². The standard InChI is InChI=1S/C13H14BrClFNO2/c14-10-6-9(15)7-11(16)13(10)19-8-12(18)17-4-2-1-3-5-17/h6-7H,1-5,8H2. The first kappa shape index (κ1) is 14.6. The molecule has 0 bridgehead atoms. The number of rotatable bonds is 3. The molecule has 0 saturated carbocycles. The van der Waals surface area contributed by atoms with E-state index in [2.05, 4.69) is 15.9 Å². The van der Waals surface area contributed by atoms with Crippen LogP contribution in [0.4, 0.5) is 4.39 Å². The molecule has 1 amide bonds. The van der Waals surface area contributed by atoms with Crippen LogP contribution in [-0.2, 0) is 4.79 Å². The van der Waals surface area contributed by atoms with Crippen molar-refractivity contribution in [3.05, 3.63) is 27.4 Å². The molecule has 104 valence electrons. The predicted molar refractivity (Wildman–Crippen MR) is 75.0 cm³/mol. The van der Waals surface area contributed by atoms with Gasteiger partial charge in [-0.05, 0) is 47.3 Å². The summed E-state index contributed by atoms with van der Waals surface area (Å²) in [5, 5.41) is 0.277. The van der Waals surface area contributed by atoms with Gasteiger partial charge in [0.25, 0.3) is 5.91 Å². The van der Waals surface area contributed by atoms with Gasteiger partial charge in [-0.15, -0.1) is 0 Å². The molecule has 0 radical (unpaired) electrons. The molecule has 0 N–H and O–H groups in total. The predicted octanol–water partition coefficient (Wildman–Crippen LogP) is 3.63. The van der Waals surface area contributed by atoms with Crippen LogP contribution < -0.4 is 4.74 Å². The van der Waals surface area contributed by atoms with E-state index in [4.69, 9.17) is 16.3 Å². The fraction of sp³-hybridized carbons (Fsp3) is 0.462. The van der Waals surface area contributed by atoms with Gasteiger partial charge in [0.1, 0.15) is 0 Å². The number of nitrogens with zero attached hydrogens (tertiary/aromatic N) is 1. The number of carbonyl (C=O) groups excluding carboxylic acids is 1. The Morgan fingerprint density at radius 1 is 1.37 bits per heavy atom. The summed E-state index contributed by atoms with van der Waals surface area (Å²) in [4.78, 5) is 13.7. The van der Waals surface area contributed by atoms with Crippen molar-refractivity contribution < 1.29 is 13.9 Å². The van der Waals surface area contributed by atoms with Crippen molar-refractivity contribution in [2.75, 3.05) is 19.7 Å². The fourth-order valence-electron chi connectivity index (χ4n) is 2.04. The van der Waals surface area contributed by atoms with E-state index in [0.29, 0.717) is 4.47 Å². The average Bonchev–Trinajstić information content (AvgIpc) is 2.38. The minimum atomic E-state index is -0.578. The molecule has 1 aromatic rings. The third-order valence-corrected chi connectivity index (χ3v) is 3.82. The summed E-state index contributed by atoms with van der Waals surface area (Å²) in [6.45, 7) is 1.36. The first-order chi connectivity index (χ1) is 9.08. The van der Waals surface area contributed by atoms with Gasteiger partial charge in [0.15, 0.2) is 18.2 Å². The Hall–Kier alpha value is -0.810. The molecule has 1 aliphatic heterocycles. The second-order valence-electron chi connectivity index (χ2n) is 4.43. The van der Waals surface area contributed by atoms with Crippen LogP contribution in [0.25, 0.3) is 0 Å². The Morgan fingerprint density at radius 3 is 2.68 bits per heavy atom. The molecule has 1 saturated heterocycles. The Kier molecular flexibility index (Phi) is 5.05. The minimum absolute atomic E-state index is 0.0229. The molecule has 1 aliphatic rings. The highest BCUT2D eigenvalue weighted by atomic mass is 79.9. The minimum Gasteiger partial charge on any atom is -0.479 e. The Balaban J connectivity index is 1.96. The third-order valence-electron chi connectivity index (χ3n) is 3.01. The lowest BCUT2D eigenvalue weighted by Gasteiger charge is -2.26. The van der Waals surface area contributed by atoms with Crippen LogP contribution in [0.3, 0.4) is 0 Å². The molecule has 1 fully saturated rings. The van der Waals surface area contributed by atoms with Crippen molar-refractivity contribution in [2.45, 2.75) is 19.3 Å². The summed E-state index contributed by atoms with van der Waals surface area (Å²) < 4.78 is 19.3. The van der Waals surface area contributed by atoms with Gasteiger partial charge in [-0.1, -0.05) is 11.6 Å². The third kappa shape index (κ3) is 3.83. The van der Waals surface area contributed by atoms with Gasteiger partial charge in [-0.25, -0.2) is 4.39 Å². The van der Waals surface area contributed by atoms with E-state index in [9.17, 15) is 9.18 Å². The van der Waals surface area contributed by atoms with Crippen molar-refractivity contribution in [3.8, 4) is 5.75 Å². The maximum Gasteiger partial charge on any atom is 0.260 e. The van der Waals surface area contributed by atoms with Gasteiger partial charge >= 0.3 is 0 Å². The van der Waals surface area contributed by atoms with Crippen LogP contribution in [-0.4, -0.2) is 30.5 Å². The van der Waals surface area contributed by atoms with E-state index in [1.165, 1.54) is 6.07 Å². The molecule has 1 aromatic carbocycles. The highest BCUT2D eigenvalue weighted by molar-refractivity contribution is 9.10. The van der Waals surface area contributed by atoms with Crippen LogP contribution in [0, 0.1) is 5.82 Å². The summed E-state index contributed by atoms with van der Waals surface area (Å²) in [6.07, 6.45) is 3.19. The lowest BCUT2D eigenvalue weighted by atomic mass is 10.1. The van der Waals surface area contributed by atoms with Crippen LogP contribution in [0.5, 0.6) is 5.75 Å². The SMILES string of the molecule is O=C(COc1c(F)cc(Cl)cc1Br)N1CCCCC1. The van der Waals surface area contributed by atoms with Gasteiger partial charge in [0.05, 0.1) is 4.47 Å². The molecule has 0 unspecified atom stereocenters. The van der Waals surface area contributed by atoms with Gasteiger partial charge in [0, 0.05) is 18.1 Å². The number of likely N-dealkylation sites (tertiary alicyclic amines) is 1.